The lowest BCUT2D eigenvalue weighted by Gasteiger charge is -2.06. The molecule has 0 heterocycles. The maximum atomic E-state index is 10.5. The minimum absolute atomic E-state index is 0.134. The highest BCUT2D eigenvalue weighted by Crippen LogP contribution is 2.25. The summed E-state index contributed by atoms with van der Waals surface area (Å²) in [6.45, 7) is 0.134. The van der Waals surface area contributed by atoms with Gasteiger partial charge < -0.3 is 11.1 Å². The highest BCUT2D eigenvalue weighted by Gasteiger charge is 2.00. The zero-order valence-electron chi connectivity index (χ0n) is 6.68. The molecule has 0 bridgehead atoms. The van der Waals surface area contributed by atoms with Crippen LogP contribution in [0.1, 0.15) is 0 Å². The lowest BCUT2D eigenvalue weighted by atomic mass is 10.3. The van der Waals surface area contributed by atoms with Crippen molar-refractivity contribution in [2.24, 2.45) is 5.73 Å². The summed E-state index contributed by atoms with van der Waals surface area (Å²) < 4.78 is 1.85. The molecule has 0 aliphatic heterocycles. The number of benzene rings is 1. The molecular weight excluding hydrogens is 300 g/mol. The van der Waals surface area contributed by atoms with E-state index in [0.717, 1.165) is 14.6 Å². The van der Waals surface area contributed by atoms with Crippen LogP contribution in [0.5, 0.6) is 0 Å². The lowest BCUT2D eigenvalue weighted by molar-refractivity contribution is -0.116. The van der Waals surface area contributed by atoms with E-state index in [1.54, 1.807) is 0 Å². The summed E-state index contributed by atoms with van der Waals surface area (Å²) in [5.41, 5.74) is 5.84. The van der Waals surface area contributed by atoms with E-state index in [-0.39, 0.29) is 12.5 Å². The van der Waals surface area contributed by atoms with E-state index in [4.69, 9.17) is 5.73 Å². The molecule has 5 heteroatoms. The number of halogens is 2. The molecule has 1 rings (SSSR count). The largest absolute Gasteiger partial charge is 0.375 e. The van der Waals surface area contributed by atoms with Crippen LogP contribution in [0.25, 0.3) is 0 Å². The van der Waals surface area contributed by atoms with E-state index in [0.29, 0.717) is 0 Å². The molecule has 0 saturated carbocycles. The first-order chi connectivity index (χ1) is 6.09. The SMILES string of the molecule is NC(=O)CNc1cc(Br)ccc1Br. The van der Waals surface area contributed by atoms with E-state index in [1.165, 1.54) is 0 Å². The quantitative estimate of drug-likeness (QED) is 0.898. The van der Waals surface area contributed by atoms with Gasteiger partial charge in [0.05, 0.1) is 6.54 Å². The predicted octanol–water partition coefficient (Wildman–Crippen LogP) is 2.11. The third-order valence-electron chi connectivity index (χ3n) is 1.38. The fourth-order valence-electron chi connectivity index (χ4n) is 0.815. The zero-order chi connectivity index (χ0) is 9.84. The maximum Gasteiger partial charge on any atom is 0.236 e. The van der Waals surface area contributed by atoms with Crippen molar-refractivity contribution < 1.29 is 4.79 Å². The molecule has 0 spiro atoms. The van der Waals surface area contributed by atoms with Crippen LogP contribution in [0.3, 0.4) is 0 Å². The van der Waals surface area contributed by atoms with Crippen LogP contribution >= 0.6 is 31.9 Å². The summed E-state index contributed by atoms with van der Waals surface area (Å²) in [7, 11) is 0. The number of anilines is 1. The summed E-state index contributed by atoms with van der Waals surface area (Å²) in [6.07, 6.45) is 0. The van der Waals surface area contributed by atoms with Gasteiger partial charge in [0.25, 0.3) is 0 Å². The fourth-order valence-corrected chi connectivity index (χ4v) is 1.56. The van der Waals surface area contributed by atoms with Crippen molar-refractivity contribution in [1.82, 2.24) is 0 Å². The molecule has 0 radical (unpaired) electrons. The summed E-state index contributed by atoms with van der Waals surface area (Å²) >= 11 is 6.67. The number of nitrogens with two attached hydrogens (primary N) is 1. The van der Waals surface area contributed by atoms with Crippen molar-refractivity contribution in [3.63, 3.8) is 0 Å². The molecule has 13 heavy (non-hydrogen) atoms. The van der Waals surface area contributed by atoms with Crippen LogP contribution in [0.4, 0.5) is 5.69 Å². The first-order valence-corrected chi connectivity index (χ1v) is 5.15. The van der Waals surface area contributed by atoms with Gasteiger partial charge >= 0.3 is 0 Å². The summed E-state index contributed by atoms with van der Waals surface area (Å²) in [6, 6.07) is 5.65. The third kappa shape index (κ3) is 3.36. The van der Waals surface area contributed by atoms with Gasteiger partial charge in [-0.1, -0.05) is 15.9 Å². The Labute approximate surface area is 92.9 Å². The van der Waals surface area contributed by atoms with Crippen molar-refractivity contribution in [2.45, 2.75) is 0 Å². The molecule has 1 aromatic rings. The third-order valence-corrected chi connectivity index (χ3v) is 2.57. The molecular formula is C8H8Br2N2O. The number of rotatable bonds is 3. The predicted molar refractivity (Wildman–Crippen MR) is 59.5 cm³/mol. The normalized spacial score (nSPS) is 9.69. The van der Waals surface area contributed by atoms with Gasteiger partial charge in [0.2, 0.25) is 5.91 Å². The van der Waals surface area contributed by atoms with Crippen LogP contribution in [-0.4, -0.2) is 12.5 Å². The second-order valence-electron chi connectivity index (χ2n) is 2.44. The fraction of sp³-hybridized carbons (Fsp3) is 0.125. The summed E-state index contributed by atoms with van der Waals surface area (Å²) in [4.78, 5) is 10.5. The van der Waals surface area contributed by atoms with Crippen molar-refractivity contribution in [2.75, 3.05) is 11.9 Å². The molecule has 0 aromatic heterocycles. The number of primary amides is 1. The minimum atomic E-state index is -0.383. The first-order valence-electron chi connectivity index (χ1n) is 3.57. The number of hydrogen-bond donors (Lipinski definition) is 2. The van der Waals surface area contributed by atoms with Crippen molar-refractivity contribution >= 4 is 43.5 Å². The van der Waals surface area contributed by atoms with E-state index < -0.39 is 0 Å². The molecule has 0 aliphatic rings. The van der Waals surface area contributed by atoms with E-state index in [2.05, 4.69) is 37.2 Å². The molecule has 0 atom stereocenters. The molecule has 0 fully saturated rings. The molecule has 0 aliphatic carbocycles. The van der Waals surface area contributed by atoms with Gasteiger partial charge in [0.15, 0.2) is 0 Å². The van der Waals surface area contributed by atoms with Crippen LogP contribution in [0.2, 0.25) is 0 Å². The van der Waals surface area contributed by atoms with Crippen molar-refractivity contribution in [3.8, 4) is 0 Å². The van der Waals surface area contributed by atoms with E-state index in [9.17, 15) is 4.79 Å². The van der Waals surface area contributed by atoms with Crippen molar-refractivity contribution in [3.05, 3.63) is 27.1 Å². The lowest BCUT2D eigenvalue weighted by Crippen LogP contribution is -2.21. The van der Waals surface area contributed by atoms with Gasteiger partial charge in [0.1, 0.15) is 0 Å². The van der Waals surface area contributed by atoms with Crippen LogP contribution in [0, 0.1) is 0 Å². The van der Waals surface area contributed by atoms with Gasteiger partial charge in [-0.15, -0.1) is 0 Å². The second-order valence-corrected chi connectivity index (χ2v) is 4.21. The highest BCUT2D eigenvalue weighted by molar-refractivity contribution is 9.11. The zero-order valence-corrected chi connectivity index (χ0v) is 9.85. The molecule has 1 aromatic carbocycles. The Bertz CT molecular complexity index is 328. The van der Waals surface area contributed by atoms with Gasteiger partial charge in [-0.05, 0) is 34.1 Å². The van der Waals surface area contributed by atoms with Gasteiger partial charge in [0, 0.05) is 14.6 Å². The Hall–Kier alpha value is -0.550. The Morgan fingerprint density at radius 1 is 1.46 bits per heavy atom. The Morgan fingerprint density at radius 2 is 2.15 bits per heavy atom. The molecule has 1 amide bonds. The average Bonchev–Trinajstić information content (AvgIpc) is 2.06. The van der Waals surface area contributed by atoms with Gasteiger partial charge in [-0.2, -0.15) is 0 Å². The topological polar surface area (TPSA) is 55.1 Å². The first kappa shape index (κ1) is 10.5. The standard InChI is InChI=1S/C8H8Br2N2O/c9-5-1-2-6(10)7(3-5)12-4-8(11)13/h1-3,12H,4H2,(H2,11,13). The molecule has 70 valence electrons. The molecule has 3 nitrogen and oxygen atoms in total. The Kier molecular flexibility index (Phi) is 3.74. The number of carbonyl (C=O) groups is 1. The highest BCUT2D eigenvalue weighted by atomic mass is 79.9. The average molecular weight is 308 g/mol. The van der Waals surface area contributed by atoms with E-state index in [1.807, 2.05) is 18.2 Å². The van der Waals surface area contributed by atoms with Crippen LogP contribution in [-0.2, 0) is 4.79 Å². The minimum Gasteiger partial charge on any atom is -0.375 e. The van der Waals surface area contributed by atoms with Crippen LogP contribution in [0.15, 0.2) is 27.1 Å². The monoisotopic (exact) mass is 306 g/mol. The van der Waals surface area contributed by atoms with Crippen LogP contribution < -0.4 is 11.1 Å². The number of carbonyl (C=O) groups excluding carboxylic acids is 1. The summed E-state index contributed by atoms with van der Waals surface area (Å²) in [5.74, 6) is -0.383. The van der Waals surface area contributed by atoms with E-state index >= 15 is 0 Å². The van der Waals surface area contributed by atoms with Gasteiger partial charge in [-0.25, -0.2) is 0 Å². The molecule has 0 unspecified atom stereocenters. The smallest absolute Gasteiger partial charge is 0.236 e. The number of amides is 1. The Morgan fingerprint density at radius 3 is 2.77 bits per heavy atom. The number of hydrogen-bond acceptors (Lipinski definition) is 2. The molecule has 0 saturated heterocycles. The number of nitrogens with one attached hydrogen (secondary N) is 1. The Balaban J connectivity index is 2.75. The maximum absolute atomic E-state index is 10.5. The van der Waals surface area contributed by atoms with Gasteiger partial charge in [-0.3, -0.25) is 4.79 Å². The molecule has 3 N–H and O–H groups in total. The summed E-state index contributed by atoms with van der Waals surface area (Å²) in [5, 5.41) is 2.90. The second kappa shape index (κ2) is 4.62. The van der Waals surface area contributed by atoms with Crippen molar-refractivity contribution in [1.29, 1.82) is 0 Å².